The molecule has 0 spiro atoms. The van der Waals surface area contributed by atoms with E-state index in [4.69, 9.17) is 15.2 Å². The maximum Gasteiger partial charge on any atom is 0.338 e. The van der Waals surface area contributed by atoms with Crippen molar-refractivity contribution in [3.8, 4) is 5.75 Å². The van der Waals surface area contributed by atoms with Crippen molar-refractivity contribution in [1.82, 2.24) is 10.3 Å². The quantitative estimate of drug-likeness (QED) is 0.352. The first kappa shape index (κ1) is 22.8. The SMILES string of the molecule is C=CCNC(=O)COC(=O)c1ccc(OC)c(NC(=O)c2sc3nc(C)ccc3c2N)c1. The second kappa shape index (κ2) is 9.92. The molecule has 0 atom stereocenters. The van der Waals surface area contributed by atoms with Gasteiger partial charge >= 0.3 is 5.97 Å². The Labute approximate surface area is 188 Å². The summed E-state index contributed by atoms with van der Waals surface area (Å²) in [5.41, 5.74) is 7.69. The third-order valence-electron chi connectivity index (χ3n) is 4.40. The van der Waals surface area contributed by atoms with Gasteiger partial charge in [0.1, 0.15) is 15.5 Å². The largest absolute Gasteiger partial charge is 0.495 e. The number of anilines is 2. The monoisotopic (exact) mass is 454 g/mol. The molecule has 1 aromatic carbocycles. The molecule has 2 aromatic heterocycles. The van der Waals surface area contributed by atoms with Gasteiger partial charge in [0.2, 0.25) is 0 Å². The minimum absolute atomic E-state index is 0.138. The van der Waals surface area contributed by atoms with E-state index in [2.05, 4.69) is 22.2 Å². The van der Waals surface area contributed by atoms with E-state index in [1.807, 2.05) is 19.1 Å². The fourth-order valence-corrected chi connectivity index (χ4v) is 3.86. The van der Waals surface area contributed by atoms with Crippen LogP contribution in [0.25, 0.3) is 10.2 Å². The number of hydrogen-bond acceptors (Lipinski definition) is 8. The van der Waals surface area contributed by atoms with E-state index in [-0.39, 0.29) is 17.8 Å². The van der Waals surface area contributed by atoms with Gasteiger partial charge in [0, 0.05) is 17.6 Å². The van der Waals surface area contributed by atoms with Crippen molar-refractivity contribution in [2.24, 2.45) is 0 Å². The first-order valence-electron chi connectivity index (χ1n) is 9.53. The molecule has 2 amide bonds. The minimum Gasteiger partial charge on any atom is -0.495 e. The van der Waals surface area contributed by atoms with Crippen LogP contribution >= 0.6 is 11.3 Å². The first-order chi connectivity index (χ1) is 15.3. The van der Waals surface area contributed by atoms with Crippen molar-refractivity contribution in [1.29, 1.82) is 0 Å². The zero-order valence-corrected chi connectivity index (χ0v) is 18.4. The zero-order chi connectivity index (χ0) is 23.3. The van der Waals surface area contributed by atoms with Crippen molar-refractivity contribution >= 4 is 50.7 Å². The number of thiophene rings is 1. The van der Waals surface area contributed by atoms with Crippen LogP contribution in [0.15, 0.2) is 43.0 Å². The van der Waals surface area contributed by atoms with Crippen molar-refractivity contribution < 1.29 is 23.9 Å². The average molecular weight is 455 g/mol. The number of aryl methyl sites for hydroxylation is 1. The fraction of sp³-hybridized carbons (Fsp3) is 0.182. The molecule has 4 N–H and O–H groups in total. The Morgan fingerprint density at radius 1 is 1.25 bits per heavy atom. The number of carbonyl (C=O) groups excluding carboxylic acids is 3. The highest BCUT2D eigenvalue weighted by Gasteiger charge is 2.20. The van der Waals surface area contributed by atoms with E-state index < -0.39 is 24.4 Å². The van der Waals surface area contributed by atoms with Crippen LogP contribution < -0.4 is 21.1 Å². The summed E-state index contributed by atoms with van der Waals surface area (Å²) in [6, 6.07) is 8.04. The molecule has 166 valence electrons. The van der Waals surface area contributed by atoms with Gasteiger partial charge in [-0.1, -0.05) is 6.08 Å². The summed E-state index contributed by atoms with van der Waals surface area (Å²) in [7, 11) is 1.44. The topological polar surface area (TPSA) is 133 Å². The van der Waals surface area contributed by atoms with Gasteiger partial charge in [-0.15, -0.1) is 17.9 Å². The Bertz CT molecular complexity index is 1200. The summed E-state index contributed by atoms with van der Waals surface area (Å²) < 4.78 is 10.3. The number of nitrogens with one attached hydrogen (secondary N) is 2. The Morgan fingerprint density at radius 2 is 2.03 bits per heavy atom. The van der Waals surface area contributed by atoms with Gasteiger partial charge in [-0.2, -0.15) is 0 Å². The molecule has 0 aliphatic heterocycles. The van der Waals surface area contributed by atoms with Crippen LogP contribution in [-0.2, 0) is 9.53 Å². The maximum absolute atomic E-state index is 12.9. The number of aromatic nitrogens is 1. The Kier molecular flexibility index (Phi) is 7.06. The lowest BCUT2D eigenvalue weighted by Gasteiger charge is -2.12. The number of ether oxygens (including phenoxy) is 2. The second-order valence-electron chi connectivity index (χ2n) is 6.69. The number of pyridine rings is 1. The van der Waals surface area contributed by atoms with E-state index in [9.17, 15) is 14.4 Å². The summed E-state index contributed by atoms with van der Waals surface area (Å²) in [5, 5.41) is 5.93. The molecule has 0 saturated carbocycles. The first-order valence-corrected chi connectivity index (χ1v) is 10.4. The number of esters is 1. The number of nitrogens with two attached hydrogens (primary N) is 1. The molecular weight excluding hydrogens is 432 g/mol. The van der Waals surface area contributed by atoms with Gasteiger partial charge in [0.05, 0.1) is 24.0 Å². The van der Waals surface area contributed by atoms with E-state index in [0.717, 1.165) is 5.69 Å². The number of nitrogens with zero attached hydrogens (tertiary/aromatic N) is 1. The molecule has 0 fully saturated rings. The van der Waals surface area contributed by atoms with Gasteiger partial charge in [-0.25, -0.2) is 9.78 Å². The predicted octanol–water partition coefficient (Wildman–Crippen LogP) is 2.91. The van der Waals surface area contributed by atoms with Gasteiger partial charge in [-0.05, 0) is 37.3 Å². The van der Waals surface area contributed by atoms with Gasteiger partial charge in [0.15, 0.2) is 6.61 Å². The minimum atomic E-state index is -0.724. The molecule has 32 heavy (non-hydrogen) atoms. The second-order valence-corrected chi connectivity index (χ2v) is 7.69. The van der Waals surface area contributed by atoms with Crippen molar-refractivity contribution in [3.63, 3.8) is 0 Å². The van der Waals surface area contributed by atoms with Crippen molar-refractivity contribution in [3.05, 3.63) is 59.1 Å². The van der Waals surface area contributed by atoms with Crippen LogP contribution in [0.2, 0.25) is 0 Å². The number of fused-ring (bicyclic) bond motifs is 1. The van der Waals surface area contributed by atoms with Crippen LogP contribution in [0.4, 0.5) is 11.4 Å². The molecule has 0 unspecified atom stereocenters. The zero-order valence-electron chi connectivity index (χ0n) is 17.6. The average Bonchev–Trinajstić information content (AvgIpc) is 3.11. The van der Waals surface area contributed by atoms with E-state index >= 15 is 0 Å². The van der Waals surface area contributed by atoms with Crippen LogP contribution in [0.1, 0.15) is 25.7 Å². The molecule has 0 aliphatic rings. The summed E-state index contributed by atoms with van der Waals surface area (Å²) >= 11 is 1.18. The van der Waals surface area contributed by atoms with E-state index in [1.54, 1.807) is 0 Å². The number of methoxy groups -OCH3 is 1. The number of benzene rings is 1. The summed E-state index contributed by atoms with van der Waals surface area (Å²) in [5.74, 6) is -1.30. The molecule has 0 radical (unpaired) electrons. The lowest BCUT2D eigenvalue weighted by atomic mass is 10.1. The molecule has 10 heteroatoms. The summed E-state index contributed by atoms with van der Waals surface area (Å²) in [4.78, 5) is 42.2. The third kappa shape index (κ3) is 5.03. The number of carbonyl (C=O) groups is 3. The number of nitrogen functional groups attached to an aromatic ring is 1. The lowest BCUT2D eigenvalue weighted by molar-refractivity contribution is -0.124. The molecule has 0 bridgehead atoms. The highest BCUT2D eigenvalue weighted by molar-refractivity contribution is 7.21. The molecule has 3 rings (SSSR count). The van der Waals surface area contributed by atoms with E-state index in [0.29, 0.717) is 26.5 Å². The molecule has 2 heterocycles. The maximum atomic E-state index is 12.9. The van der Waals surface area contributed by atoms with Crippen LogP contribution in [0.3, 0.4) is 0 Å². The Hall–Kier alpha value is -3.92. The van der Waals surface area contributed by atoms with E-state index in [1.165, 1.54) is 42.7 Å². The fourth-order valence-electron chi connectivity index (χ4n) is 2.82. The van der Waals surface area contributed by atoms with Gasteiger partial charge in [0.25, 0.3) is 11.8 Å². The summed E-state index contributed by atoms with van der Waals surface area (Å²) in [6.45, 7) is 5.17. The molecule has 3 aromatic rings. The van der Waals surface area contributed by atoms with Crippen LogP contribution in [-0.4, -0.2) is 43.0 Å². The summed E-state index contributed by atoms with van der Waals surface area (Å²) in [6.07, 6.45) is 1.51. The van der Waals surface area contributed by atoms with Crippen molar-refractivity contribution in [2.45, 2.75) is 6.92 Å². The van der Waals surface area contributed by atoms with Crippen LogP contribution in [0, 0.1) is 6.92 Å². The number of amides is 2. The third-order valence-corrected chi connectivity index (χ3v) is 5.51. The molecular formula is C22H22N4O5S. The molecule has 0 saturated heterocycles. The predicted molar refractivity (Wildman–Crippen MR) is 123 cm³/mol. The van der Waals surface area contributed by atoms with Gasteiger partial charge in [-0.3, -0.25) is 9.59 Å². The Balaban J connectivity index is 1.79. The smallest absolute Gasteiger partial charge is 0.338 e. The van der Waals surface area contributed by atoms with Crippen LogP contribution in [0.5, 0.6) is 5.75 Å². The normalized spacial score (nSPS) is 10.4. The molecule has 0 aliphatic carbocycles. The van der Waals surface area contributed by atoms with Gasteiger partial charge < -0.3 is 25.8 Å². The molecule has 9 nitrogen and oxygen atoms in total. The lowest BCUT2D eigenvalue weighted by Crippen LogP contribution is -2.28. The standard InChI is InChI=1S/C22H22N4O5S/c1-4-9-24-17(27)11-31-22(29)13-6-8-16(30-3)15(10-13)26-20(28)19-18(23)14-7-5-12(2)25-21(14)32-19/h4-8,10H,1,9,11,23H2,2-3H3,(H,24,27)(H,26,28). The van der Waals surface area contributed by atoms with Crippen molar-refractivity contribution in [2.75, 3.05) is 31.3 Å². The highest BCUT2D eigenvalue weighted by Crippen LogP contribution is 2.34. The number of hydrogen-bond donors (Lipinski definition) is 3. The Morgan fingerprint density at radius 3 is 2.75 bits per heavy atom. The number of rotatable bonds is 8. The highest BCUT2D eigenvalue weighted by atomic mass is 32.1.